The third kappa shape index (κ3) is 4.75. The van der Waals surface area contributed by atoms with Crippen LogP contribution in [-0.2, 0) is 22.6 Å². The van der Waals surface area contributed by atoms with E-state index in [1.807, 2.05) is 0 Å². The summed E-state index contributed by atoms with van der Waals surface area (Å²) in [6.45, 7) is 0.158. The first-order valence-electron chi connectivity index (χ1n) is 9.40. The molecule has 0 aliphatic carbocycles. The maximum atomic E-state index is 13.1. The van der Waals surface area contributed by atoms with Crippen LogP contribution in [0.15, 0.2) is 53.9 Å². The standard InChI is InChI=1S/C20H17ClFN7O2/c21-15-3-6-17(28-12-24-26-27-28)14(10-15)11-23-20(31)18-7-8-25-29(18)19(30)9-13-1-4-16(22)5-2-13/h1-6,8,10,12,18H,7,9,11H2,(H,23,31)/t18-/m0/s1. The maximum Gasteiger partial charge on any atom is 0.247 e. The van der Waals surface area contributed by atoms with E-state index in [4.69, 9.17) is 11.6 Å². The van der Waals surface area contributed by atoms with E-state index >= 15 is 0 Å². The Morgan fingerprint density at radius 2 is 2.00 bits per heavy atom. The van der Waals surface area contributed by atoms with E-state index in [-0.39, 0.29) is 30.6 Å². The monoisotopic (exact) mass is 441 g/mol. The second-order valence-corrected chi connectivity index (χ2v) is 7.27. The van der Waals surface area contributed by atoms with E-state index in [0.29, 0.717) is 28.3 Å². The first-order valence-corrected chi connectivity index (χ1v) is 9.77. The minimum Gasteiger partial charge on any atom is -0.350 e. The van der Waals surface area contributed by atoms with Gasteiger partial charge in [-0.1, -0.05) is 23.7 Å². The van der Waals surface area contributed by atoms with Crippen LogP contribution in [0.5, 0.6) is 0 Å². The fourth-order valence-corrected chi connectivity index (χ4v) is 3.42. The number of hydrogen-bond acceptors (Lipinski definition) is 6. The summed E-state index contributed by atoms with van der Waals surface area (Å²) in [5.41, 5.74) is 2.01. The van der Waals surface area contributed by atoms with Gasteiger partial charge >= 0.3 is 0 Å². The van der Waals surface area contributed by atoms with Gasteiger partial charge in [0.15, 0.2) is 0 Å². The Bertz CT molecular complexity index is 1120. The molecule has 1 atom stereocenters. The van der Waals surface area contributed by atoms with Gasteiger partial charge in [-0.25, -0.2) is 14.1 Å². The zero-order valence-electron chi connectivity index (χ0n) is 16.2. The number of hydrazone groups is 1. The number of hydrogen-bond donors (Lipinski definition) is 1. The van der Waals surface area contributed by atoms with E-state index in [1.165, 1.54) is 46.5 Å². The highest BCUT2D eigenvalue weighted by Crippen LogP contribution is 2.20. The number of halogens is 2. The molecule has 0 fully saturated rings. The summed E-state index contributed by atoms with van der Waals surface area (Å²) in [7, 11) is 0. The van der Waals surface area contributed by atoms with Crippen LogP contribution in [0.4, 0.5) is 4.39 Å². The number of benzene rings is 2. The Labute approximate surface area is 181 Å². The van der Waals surface area contributed by atoms with Gasteiger partial charge in [-0.05, 0) is 51.9 Å². The number of aromatic nitrogens is 4. The number of rotatable bonds is 6. The van der Waals surface area contributed by atoms with Gasteiger partial charge in [-0.3, -0.25) is 9.59 Å². The van der Waals surface area contributed by atoms with Crippen molar-refractivity contribution in [3.05, 3.63) is 70.8 Å². The molecule has 0 bridgehead atoms. The summed E-state index contributed by atoms with van der Waals surface area (Å²) in [5, 5.41) is 19.6. The minimum absolute atomic E-state index is 0.0130. The Balaban J connectivity index is 1.42. The summed E-state index contributed by atoms with van der Waals surface area (Å²) in [6, 6.07) is 10.0. The molecule has 0 unspecified atom stereocenters. The lowest BCUT2D eigenvalue weighted by Crippen LogP contribution is -2.45. The largest absolute Gasteiger partial charge is 0.350 e. The average Bonchev–Trinajstić information content (AvgIpc) is 3.46. The van der Waals surface area contributed by atoms with Gasteiger partial charge in [-0.2, -0.15) is 5.10 Å². The molecule has 0 saturated heterocycles. The van der Waals surface area contributed by atoms with Crippen molar-refractivity contribution in [2.45, 2.75) is 25.4 Å². The predicted octanol–water partition coefficient (Wildman–Crippen LogP) is 1.90. The predicted molar refractivity (Wildman–Crippen MR) is 110 cm³/mol. The maximum absolute atomic E-state index is 13.1. The third-order valence-electron chi connectivity index (χ3n) is 4.75. The molecule has 1 N–H and O–H groups in total. The molecular weight excluding hydrogens is 425 g/mol. The first-order chi connectivity index (χ1) is 15.0. The van der Waals surface area contributed by atoms with Crippen LogP contribution in [0.3, 0.4) is 0 Å². The number of carbonyl (C=O) groups is 2. The van der Waals surface area contributed by atoms with Crippen molar-refractivity contribution in [2.75, 3.05) is 0 Å². The molecule has 2 aromatic carbocycles. The number of amides is 2. The molecule has 1 aliphatic rings. The highest BCUT2D eigenvalue weighted by Gasteiger charge is 2.32. The topological polar surface area (TPSA) is 105 Å². The molecule has 9 nitrogen and oxygen atoms in total. The number of tetrazole rings is 1. The lowest BCUT2D eigenvalue weighted by molar-refractivity contribution is -0.139. The highest BCUT2D eigenvalue weighted by atomic mass is 35.5. The van der Waals surface area contributed by atoms with Gasteiger partial charge in [0.1, 0.15) is 18.2 Å². The van der Waals surface area contributed by atoms with Gasteiger partial charge in [0.2, 0.25) is 11.8 Å². The molecule has 2 amide bonds. The van der Waals surface area contributed by atoms with Gasteiger partial charge in [-0.15, -0.1) is 5.10 Å². The van der Waals surface area contributed by atoms with Crippen molar-refractivity contribution >= 4 is 29.6 Å². The van der Waals surface area contributed by atoms with Crippen LogP contribution in [0, 0.1) is 5.82 Å². The third-order valence-corrected chi connectivity index (χ3v) is 4.98. The minimum atomic E-state index is -0.761. The Morgan fingerprint density at radius 1 is 1.19 bits per heavy atom. The van der Waals surface area contributed by atoms with E-state index in [9.17, 15) is 14.0 Å². The molecule has 4 rings (SSSR count). The lowest BCUT2D eigenvalue weighted by atomic mass is 10.1. The van der Waals surface area contributed by atoms with Crippen molar-refractivity contribution in [1.29, 1.82) is 0 Å². The molecule has 11 heteroatoms. The summed E-state index contributed by atoms with van der Waals surface area (Å²) in [5.74, 6) is -1.08. The first kappa shape index (κ1) is 20.6. The quantitative estimate of drug-likeness (QED) is 0.629. The highest BCUT2D eigenvalue weighted by molar-refractivity contribution is 6.30. The van der Waals surface area contributed by atoms with Crippen molar-refractivity contribution in [2.24, 2.45) is 5.10 Å². The zero-order valence-corrected chi connectivity index (χ0v) is 16.9. The summed E-state index contributed by atoms with van der Waals surface area (Å²) in [4.78, 5) is 25.4. The second kappa shape index (κ2) is 9.00. The average molecular weight is 442 g/mol. The van der Waals surface area contributed by atoms with Gasteiger partial charge in [0.05, 0.1) is 12.1 Å². The summed E-state index contributed by atoms with van der Waals surface area (Å²) >= 11 is 6.10. The number of nitrogens with one attached hydrogen (secondary N) is 1. The normalized spacial score (nSPS) is 15.3. The van der Waals surface area contributed by atoms with Crippen molar-refractivity contribution in [3.8, 4) is 5.69 Å². The molecule has 1 aliphatic heterocycles. The Kier molecular flexibility index (Phi) is 5.99. The zero-order chi connectivity index (χ0) is 21.8. The lowest BCUT2D eigenvalue weighted by Gasteiger charge is -2.21. The summed E-state index contributed by atoms with van der Waals surface area (Å²) < 4.78 is 14.5. The molecule has 0 saturated carbocycles. The van der Waals surface area contributed by atoms with Crippen LogP contribution in [0.25, 0.3) is 5.69 Å². The molecule has 1 aromatic heterocycles. The second-order valence-electron chi connectivity index (χ2n) is 6.84. The fraction of sp³-hybridized carbons (Fsp3) is 0.200. The van der Waals surface area contributed by atoms with E-state index in [2.05, 4.69) is 25.9 Å². The van der Waals surface area contributed by atoms with Crippen LogP contribution < -0.4 is 5.32 Å². The van der Waals surface area contributed by atoms with Gasteiger partial charge < -0.3 is 5.32 Å². The molecule has 0 spiro atoms. The Morgan fingerprint density at radius 3 is 2.74 bits per heavy atom. The SMILES string of the molecule is O=C(NCc1cc(Cl)ccc1-n1cnnn1)[C@@H]1CC=NN1C(=O)Cc1ccc(F)cc1. The van der Waals surface area contributed by atoms with E-state index in [1.54, 1.807) is 18.2 Å². The van der Waals surface area contributed by atoms with Gasteiger partial charge in [0.25, 0.3) is 0 Å². The summed E-state index contributed by atoms with van der Waals surface area (Å²) in [6.07, 6.45) is 3.28. The molecule has 2 heterocycles. The fourth-order valence-electron chi connectivity index (χ4n) is 3.22. The van der Waals surface area contributed by atoms with Crippen LogP contribution in [0.1, 0.15) is 17.5 Å². The van der Waals surface area contributed by atoms with Crippen molar-refractivity contribution in [3.63, 3.8) is 0 Å². The molecule has 158 valence electrons. The number of nitrogens with zero attached hydrogens (tertiary/aromatic N) is 6. The number of carbonyl (C=O) groups excluding carboxylic acids is 2. The van der Waals surface area contributed by atoms with E-state index < -0.39 is 6.04 Å². The molecule has 0 radical (unpaired) electrons. The molecule has 31 heavy (non-hydrogen) atoms. The van der Waals surface area contributed by atoms with E-state index in [0.717, 1.165) is 0 Å². The van der Waals surface area contributed by atoms with Crippen molar-refractivity contribution < 1.29 is 14.0 Å². The smallest absolute Gasteiger partial charge is 0.247 e. The van der Waals surface area contributed by atoms with Crippen LogP contribution in [0.2, 0.25) is 5.02 Å². The molecule has 3 aromatic rings. The Hall–Kier alpha value is -3.66. The van der Waals surface area contributed by atoms with Crippen molar-refractivity contribution in [1.82, 2.24) is 30.5 Å². The van der Waals surface area contributed by atoms with Gasteiger partial charge in [0, 0.05) is 24.2 Å². The van der Waals surface area contributed by atoms with Crippen LogP contribution in [-0.4, -0.2) is 49.3 Å². The van der Waals surface area contributed by atoms with Crippen LogP contribution >= 0.6 is 11.6 Å². The molecular formula is C20H17ClFN7O2.